The summed E-state index contributed by atoms with van der Waals surface area (Å²) in [5.74, 6) is -0.315. The third-order valence-corrected chi connectivity index (χ3v) is 5.65. The maximum absolute atomic E-state index is 12.6. The topological polar surface area (TPSA) is 43.6 Å². The molecule has 0 bridgehead atoms. The number of hydrogen-bond donors (Lipinski definition) is 0. The van der Waals surface area contributed by atoms with Gasteiger partial charge in [0.05, 0.1) is 21.8 Å². The molecule has 0 saturated carbocycles. The average Bonchev–Trinajstić information content (AvgIpc) is 2.92. The quantitative estimate of drug-likeness (QED) is 0.456. The lowest BCUT2D eigenvalue weighted by atomic mass is 10.2. The molecule has 8 heteroatoms. The number of benzene rings is 2. The Kier molecular flexibility index (Phi) is 6.53. The summed E-state index contributed by atoms with van der Waals surface area (Å²) in [6, 6.07) is 10.7. The van der Waals surface area contributed by atoms with Crippen LogP contribution in [-0.2, 0) is 11.3 Å². The number of hydrogen-bond acceptors (Lipinski definition) is 3. The van der Waals surface area contributed by atoms with Crippen molar-refractivity contribution in [3.8, 4) is 0 Å². The van der Waals surface area contributed by atoms with E-state index in [-0.39, 0.29) is 5.91 Å². The van der Waals surface area contributed by atoms with Crippen LogP contribution in [0.4, 0.5) is 0 Å². The Balaban J connectivity index is 2.12. The van der Waals surface area contributed by atoms with Gasteiger partial charge in [0.25, 0.3) is 5.91 Å². The van der Waals surface area contributed by atoms with Crippen LogP contribution in [0.5, 0.6) is 0 Å². The van der Waals surface area contributed by atoms with E-state index in [2.05, 4.69) is 20.9 Å². The highest BCUT2D eigenvalue weighted by molar-refractivity contribution is 9.10. The summed E-state index contributed by atoms with van der Waals surface area (Å²) < 4.78 is 9.07. The van der Waals surface area contributed by atoms with E-state index in [1.54, 1.807) is 24.3 Å². The van der Waals surface area contributed by atoms with Crippen molar-refractivity contribution in [2.75, 3.05) is 13.2 Å². The number of nitrogens with zero attached hydrogens (tertiary/aromatic N) is 2. The monoisotopic (exact) mass is 472 g/mol. The molecule has 26 heavy (non-hydrogen) atoms. The number of thiazole rings is 1. The Morgan fingerprint density at radius 2 is 2.12 bits per heavy atom. The van der Waals surface area contributed by atoms with Crippen LogP contribution in [0.15, 0.2) is 45.9 Å². The molecule has 0 fully saturated rings. The van der Waals surface area contributed by atoms with E-state index in [0.29, 0.717) is 40.2 Å². The fraction of sp³-hybridized carbons (Fsp3) is 0.222. The zero-order valence-corrected chi connectivity index (χ0v) is 17.8. The molecule has 0 atom stereocenters. The second-order valence-electron chi connectivity index (χ2n) is 5.39. The number of fused-ring (bicyclic) bond motifs is 1. The Hall–Kier alpha value is -1.18. The summed E-state index contributed by atoms with van der Waals surface area (Å²) in [4.78, 5) is 17.5. The molecule has 0 radical (unpaired) electrons. The van der Waals surface area contributed by atoms with Gasteiger partial charge in [0.15, 0.2) is 4.80 Å². The molecule has 3 rings (SSSR count). The van der Waals surface area contributed by atoms with Gasteiger partial charge in [-0.25, -0.2) is 0 Å². The minimum absolute atomic E-state index is 0.315. The second-order valence-corrected chi connectivity index (χ2v) is 8.16. The van der Waals surface area contributed by atoms with Crippen LogP contribution in [0.1, 0.15) is 17.3 Å². The zero-order chi connectivity index (χ0) is 18.7. The van der Waals surface area contributed by atoms with Crippen molar-refractivity contribution in [1.29, 1.82) is 0 Å². The molecule has 136 valence electrons. The smallest absolute Gasteiger partial charge is 0.279 e. The number of halogens is 3. The summed E-state index contributed by atoms with van der Waals surface area (Å²) in [6.45, 7) is 3.59. The molecule has 1 amide bonds. The highest BCUT2D eigenvalue weighted by Gasteiger charge is 2.13. The SMILES string of the molecule is CCOCCn1c(=NC(=O)c2cccc(Br)c2)sc2cc(Cl)cc(Cl)c21. The van der Waals surface area contributed by atoms with Gasteiger partial charge < -0.3 is 9.30 Å². The van der Waals surface area contributed by atoms with Gasteiger partial charge in [0.1, 0.15) is 0 Å². The third-order valence-electron chi connectivity index (χ3n) is 3.63. The fourth-order valence-electron chi connectivity index (χ4n) is 2.49. The number of carbonyl (C=O) groups excluding carboxylic acids is 1. The molecule has 2 aromatic carbocycles. The molecule has 0 unspecified atom stereocenters. The van der Waals surface area contributed by atoms with Crippen molar-refractivity contribution in [2.45, 2.75) is 13.5 Å². The molecule has 0 saturated heterocycles. The van der Waals surface area contributed by atoms with Crippen molar-refractivity contribution in [3.63, 3.8) is 0 Å². The number of carbonyl (C=O) groups is 1. The third kappa shape index (κ3) is 4.38. The summed E-state index contributed by atoms with van der Waals surface area (Å²) >= 11 is 17.3. The molecule has 1 heterocycles. The summed E-state index contributed by atoms with van der Waals surface area (Å²) in [7, 11) is 0. The number of rotatable bonds is 5. The van der Waals surface area contributed by atoms with Crippen LogP contribution in [0.25, 0.3) is 10.2 Å². The molecule has 3 aromatic rings. The van der Waals surface area contributed by atoms with Crippen LogP contribution < -0.4 is 4.80 Å². The van der Waals surface area contributed by atoms with Crippen LogP contribution in [0, 0.1) is 0 Å². The van der Waals surface area contributed by atoms with Crippen LogP contribution in [-0.4, -0.2) is 23.7 Å². The highest BCUT2D eigenvalue weighted by Crippen LogP contribution is 2.29. The number of amides is 1. The molecular formula is C18H15BrCl2N2O2S. The van der Waals surface area contributed by atoms with Crippen molar-refractivity contribution >= 4 is 66.6 Å². The second kappa shape index (κ2) is 8.67. The van der Waals surface area contributed by atoms with E-state index in [4.69, 9.17) is 27.9 Å². The number of ether oxygens (including phenoxy) is 1. The van der Waals surface area contributed by atoms with Gasteiger partial charge >= 0.3 is 0 Å². The molecule has 0 spiro atoms. The predicted molar refractivity (Wildman–Crippen MR) is 110 cm³/mol. The molecule has 0 aliphatic carbocycles. The molecular weight excluding hydrogens is 459 g/mol. The minimum Gasteiger partial charge on any atom is -0.380 e. The summed E-state index contributed by atoms with van der Waals surface area (Å²) in [5, 5.41) is 1.07. The normalized spacial score (nSPS) is 12.1. The van der Waals surface area contributed by atoms with Gasteiger partial charge in [0, 0.05) is 28.2 Å². The van der Waals surface area contributed by atoms with E-state index in [9.17, 15) is 4.79 Å². The first-order valence-electron chi connectivity index (χ1n) is 7.90. The van der Waals surface area contributed by atoms with Gasteiger partial charge in [-0.2, -0.15) is 4.99 Å². The van der Waals surface area contributed by atoms with Crippen molar-refractivity contribution in [2.24, 2.45) is 4.99 Å². The first-order valence-corrected chi connectivity index (χ1v) is 10.3. The van der Waals surface area contributed by atoms with Gasteiger partial charge in [-0.3, -0.25) is 4.79 Å². The first-order chi connectivity index (χ1) is 12.5. The predicted octanol–water partition coefficient (Wildman–Crippen LogP) is 5.55. The first kappa shape index (κ1) is 19.6. The standard InChI is InChI=1S/C18H15BrCl2N2O2S/c1-2-25-7-6-23-16-14(21)9-13(20)10-15(16)26-18(23)22-17(24)11-4-3-5-12(19)8-11/h3-5,8-10H,2,6-7H2,1H3. The Bertz CT molecular complexity index is 1030. The van der Waals surface area contributed by atoms with E-state index < -0.39 is 0 Å². The Morgan fingerprint density at radius 1 is 1.31 bits per heavy atom. The lowest BCUT2D eigenvalue weighted by Crippen LogP contribution is -2.20. The highest BCUT2D eigenvalue weighted by atomic mass is 79.9. The number of aromatic nitrogens is 1. The average molecular weight is 474 g/mol. The lowest BCUT2D eigenvalue weighted by Gasteiger charge is -2.07. The minimum atomic E-state index is -0.315. The zero-order valence-electron chi connectivity index (χ0n) is 13.8. The van der Waals surface area contributed by atoms with Crippen LogP contribution in [0.2, 0.25) is 10.0 Å². The maximum Gasteiger partial charge on any atom is 0.279 e. The maximum atomic E-state index is 12.6. The molecule has 0 aliphatic rings. The molecule has 0 aliphatic heterocycles. The van der Waals surface area contributed by atoms with E-state index in [0.717, 1.165) is 14.7 Å². The molecule has 4 nitrogen and oxygen atoms in total. The van der Waals surface area contributed by atoms with Crippen molar-refractivity contribution < 1.29 is 9.53 Å². The Labute approximate surface area is 173 Å². The van der Waals surface area contributed by atoms with Crippen LogP contribution in [0.3, 0.4) is 0 Å². The Morgan fingerprint density at radius 3 is 2.85 bits per heavy atom. The van der Waals surface area contributed by atoms with Gasteiger partial charge in [-0.15, -0.1) is 0 Å². The summed E-state index contributed by atoms with van der Waals surface area (Å²) in [6.07, 6.45) is 0. The van der Waals surface area contributed by atoms with Crippen LogP contribution >= 0.6 is 50.5 Å². The van der Waals surface area contributed by atoms with Gasteiger partial charge in [-0.05, 0) is 37.3 Å². The largest absolute Gasteiger partial charge is 0.380 e. The van der Waals surface area contributed by atoms with Crippen molar-refractivity contribution in [3.05, 3.63) is 61.3 Å². The lowest BCUT2D eigenvalue weighted by molar-refractivity contribution is 0.0996. The molecule has 0 N–H and O–H groups in total. The summed E-state index contributed by atoms with van der Waals surface area (Å²) in [5.41, 5.74) is 1.32. The van der Waals surface area contributed by atoms with E-state index in [1.165, 1.54) is 11.3 Å². The van der Waals surface area contributed by atoms with Crippen molar-refractivity contribution in [1.82, 2.24) is 4.57 Å². The van der Waals surface area contributed by atoms with Gasteiger partial charge in [-0.1, -0.05) is 56.5 Å². The van der Waals surface area contributed by atoms with Gasteiger partial charge in [0.2, 0.25) is 0 Å². The fourth-order valence-corrected chi connectivity index (χ4v) is 4.73. The molecule has 1 aromatic heterocycles. The van der Waals surface area contributed by atoms with E-state index in [1.807, 2.05) is 23.6 Å². The van der Waals surface area contributed by atoms with E-state index >= 15 is 0 Å².